The minimum atomic E-state index is -0.839. The van der Waals surface area contributed by atoms with Crippen LogP contribution in [0.15, 0.2) is 30.3 Å². The van der Waals surface area contributed by atoms with Gasteiger partial charge in [0, 0.05) is 0 Å². The highest BCUT2D eigenvalue weighted by Gasteiger charge is 2.35. The average molecular weight is 255 g/mol. The number of halogens is 2. The van der Waals surface area contributed by atoms with Crippen molar-refractivity contribution >= 4 is 28.8 Å². The van der Waals surface area contributed by atoms with Crippen molar-refractivity contribution in [2.45, 2.75) is 31.0 Å². The first-order chi connectivity index (χ1) is 7.56. The van der Waals surface area contributed by atoms with Gasteiger partial charge in [-0.25, -0.2) is 0 Å². The lowest BCUT2D eigenvalue weighted by Crippen LogP contribution is -2.02. The van der Waals surface area contributed by atoms with Crippen LogP contribution in [0.1, 0.15) is 37.8 Å². The normalized spacial score (nSPS) is 19.1. The van der Waals surface area contributed by atoms with Gasteiger partial charge in [0.1, 0.15) is 0 Å². The van der Waals surface area contributed by atoms with Crippen LogP contribution in [-0.2, 0) is 4.33 Å². The quantitative estimate of drug-likeness (QED) is 0.655. The van der Waals surface area contributed by atoms with Crippen LogP contribution in [0.2, 0.25) is 0 Å². The van der Waals surface area contributed by atoms with Crippen LogP contribution in [-0.4, -0.2) is 0 Å². The van der Waals surface area contributed by atoms with Crippen LogP contribution in [0.4, 0.5) is 0 Å². The zero-order valence-corrected chi connectivity index (χ0v) is 11.1. The summed E-state index contributed by atoms with van der Waals surface area (Å²) < 4.78 is -0.839. The highest BCUT2D eigenvalue weighted by Crippen LogP contribution is 2.49. The second-order valence-electron chi connectivity index (χ2n) is 4.46. The molecule has 0 heterocycles. The summed E-state index contributed by atoms with van der Waals surface area (Å²) in [5, 5.41) is 0. The first-order valence-corrected chi connectivity index (χ1v) is 6.52. The number of fused-ring (bicyclic) bond motifs is 1. The second kappa shape index (κ2) is 4.43. The van der Waals surface area contributed by atoms with Crippen molar-refractivity contribution in [3.8, 4) is 0 Å². The Labute approximate surface area is 107 Å². The third kappa shape index (κ3) is 2.01. The van der Waals surface area contributed by atoms with Crippen LogP contribution in [0.3, 0.4) is 0 Å². The van der Waals surface area contributed by atoms with Crippen molar-refractivity contribution < 1.29 is 0 Å². The number of rotatable bonds is 3. The fraction of sp³-hybridized carbons (Fsp3) is 0.429. The first-order valence-electron chi connectivity index (χ1n) is 5.76. The summed E-state index contributed by atoms with van der Waals surface area (Å²) in [5.41, 5.74) is 3.53. The van der Waals surface area contributed by atoms with Gasteiger partial charge < -0.3 is 0 Å². The molecule has 0 N–H and O–H groups in total. The summed E-state index contributed by atoms with van der Waals surface area (Å²) in [6, 6.07) is 8.15. The Kier molecular flexibility index (Phi) is 3.32. The van der Waals surface area contributed by atoms with Crippen LogP contribution < -0.4 is 0 Å². The van der Waals surface area contributed by atoms with Crippen molar-refractivity contribution in [2.24, 2.45) is 5.92 Å². The SMILES string of the molecule is CCCC(C)C1=CC(Cl)(Cl)c2ccccc21. The Balaban J connectivity index is 2.42. The molecule has 0 amide bonds. The lowest BCUT2D eigenvalue weighted by atomic mass is 9.92. The largest absolute Gasteiger partial charge is 0.162 e. The Morgan fingerprint density at radius 2 is 1.94 bits per heavy atom. The molecule has 2 rings (SSSR count). The van der Waals surface area contributed by atoms with E-state index in [1.54, 1.807) is 0 Å². The summed E-state index contributed by atoms with van der Waals surface area (Å²) in [7, 11) is 0. The topological polar surface area (TPSA) is 0 Å². The van der Waals surface area contributed by atoms with Crippen LogP contribution in [0.25, 0.3) is 5.57 Å². The molecule has 0 aromatic heterocycles. The summed E-state index contributed by atoms with van der Waals surface area (Å²) in [6.45, 7) is 4.44. The molecule has 1 aromatic carbocycles. The van der Waals surface area contributed by atoms with Gasteiger partial charge in [-0.1, -0.05) is 67.7 Å². The van der Waals surface area contributed by atoms with Gasteiger partial charge in [0.25, 0.3) is 0 Å². The van der Waals surface area contributed by atoms with E-state index in [1.807, 2.05) is 24.3 Å². The smallest absolute Gasteiger partial charge is 0.0915 e. The van der Waals surface area contributed by atoms with Gasteiger partial charge in [0.05, 0.1) is 0 Å². The van der Waals surface area contributed by atoms with E-state index in [0.29, 0.717) is 5.92 Å². The summed E-state index contributed by atoms with van der Waals surface area (Å²) in [4.78, 5) is 0. The van der Waals surface area contributed by atoms with Crippen molar-refractivity contribution in [2.75, 3.05) is 0 Å². The number of allylic oxidation sites excluding steroid dienone is 2. The lowest BCUT2D eigenvalue weighted by Gasteiger charge is -2.13. The van der Waals surface area contributed by atoms with Gasteiger partial charge in [-0.15, -0.1) is 0 Å². The number of benzene rings is 1. The van der Waals surface area contributed by atoms with Gasteiger partial charge in [-0.05, 0) is 35.1 Å². The molecule has 1 aromatic rings. The van der Waals surface area contributed by atoms with E-state index >= 15 is 0 Å². The van der Waals surface area contributed by atoms with E-state index in [-0.39, 0.29) is 0 Å². The van der Waals surface area contributed by atoms with Gasteiger partial charge in [-0.2, -0.15) is 0 Å². The minimum Gasteiger partial charge on any atom is -0.0915 e. The van der Waals surface area contributed by atoms with Crippen molar-refractivity contribution in [3.63, 3.8) is 0 Å². The first kappa shape index (κ1) is 12.0. The average Bonchev–Trinajstić information content (AvgIpc) is 2.52. The molecular formula is C14H16Cl2. The van der Waals surface area contributed by atoms with Crippen molar-refractivity contribution in [1.29, 1.82) is 0 Å². The molecule has 0 saturated carbocycles. The van der Waals surface area contributed by atoms with E-state index in [1.165, 1.54) is 24.0 Å². The van der Waals surface area contributed by atoms with Gasteiger partial charge in [0.2, 0.25) is 0 Å². The maximum absolute atomic E-state index is 6.33. The van der Waals surface area contributed by atoms with E-state index < -0.39 is 4.33 Å². The molecule has 1 aliphatic carbocycles. The molecule has 2 heteroatoms. The third-order valence-electron chi connectivity index (χ3n) is 3.19. The van der Waals surface area contributed by atoms with Crippen molar-refractivity contribution in [3.05, 3.63) is 41.5 Å². The van der Waals surface area contributed by atoms with Gasteiger partial charge >= 0.3 is 0 Å². The summed E-state index contributed by atoms with van der Waals surface area (Å²) in [5.74, 6) is 0.519. The van der Waals surface area contributed by atoms with Crippen LogP contribution in [0.5, 0.6) is 0 Å². The van der Waals surface area contributed by atoms with Gasteiger partial charge in [-0.3, -0.25) is 0 Å². The highest BCUT2D eigenvalue weighted by atomic mass is 35.5. The number of hydrogen-bond acceptors (Lipinski definition) is 0. The molecule has 16 heavy (non-hydrogen) atoms. The summed E-state index contributed by atoms with van der Waals surface area (Å²) >= 11 is 12.7. The molecule has 86 valence electrons. The summed E-state index contributed by atoms with van der Waals surface area (Å²) in [6.07, 6.45) is 4.35. The zero-order valence-electron chi connectivity index (χ0n) is 9.63. The molecule has 1 aliphatic rings. The molecule has 0 radical (unpaired) electrons. The molecule has 0 aliphatic heterocycles. The molecule has 1 atom stereocenters. The molecule has 0 spiro atoms. The van der Waals surface area contributed by atoms with E-state index in [4.69, 9.17) is 23.2 Å². The Hall–Kier alpha value is -0.460. The Morgan fingerprint density at radius 1 is 1.25 bits per heavy atom. The third-order valence-corrected chi connectivity index (χ3v) is 3.81. The Bertz CT molecular complexity index is 418. The minimum absolute atomic E-state index is 0.519. The van der Waals surface area contributed by atoms with Crippen LogP contribution >= 0.6 is 23.2 Å². The maximum Gasteiger partial charge on any atom is 0.162 e. The number of hydrogen-bond donors (Lipinski definition) is 0. The lowest BCUT2D eigenvalue weighted by molar-refractivity contribution is 0.650. The number of alkyl halides is 2. The van der Waals surface area contributed by atoms with E-state index in [0.717, 1.165) is 5.56 Å². The highest BCUT2D eigenvalue weighted by molar-refractivity contribution is 6.50. The molecule has 0 nitrogen and oxygen atoms in total. The monoisotopic (exact) mass is 254 g/mol. The fourth-order valence-electron chi connectivity index (χ4n) is 2.37. The molecule has 0 fully saturated rings. The maximum atomic E-state index is 6.33. The van der Waals surface area contributed by atoms with Crippen molar-refractivity contribution in [1.82, 2.24) is 0 Å². The van der Waals surface area contributed by atoms with E-state index in [2.05, 4.69) is 19.9 Å². The van der Waals surface area contributed by atoms with Gasteiger partial charge in [0.15, 0.2) is 4.33 Å². The van der Waals surface area contributed by atoms with Crippen LogP contribution in [0, 0.1) is 5.92 Å². The fourth-order valence-corrected chi connectivity index (χ4v) is 2.94. The molecular weight excluding hydrogens is 239 g/mol. The molecule has 1 unspecified atom stereocenters. The zero-order chi connectivity index (χ0) is 11.8. The predicted molar refractivity (Wildman–Crippen MR) is 71.9 cm³/mol. The second-order valence-corrected chi connectivity index (χ2v) is 5.84. The molecule has 0 bridgehead atoms. The Morgan fingerprint density at radius 3 is 2.62 bits per heavy atom. The standard InChI is InChI=1S/C14H16Cl2/c1-3-6-10(2)12-9-14(15,16)13-8-5-4-7-11(12)13/h4-5,7-10H,3,6H2,1-2H3. The predicted octanol–water partition coefficient (Wildman–Crippen LogP) is 5.15. The van der Waals surface area contributed by atoms with E-state index in [9.17, 15) is 0 Å². The molecule has 0 saturated heterocycles.